The lowest BCUT2D eigenvalue weighted by atomic mass is 9.95. The van der Waals surface area contributed by atoms with E-state index in [1.165, 1.54) is 6.42 Å². The van der Waals surface area contributed by atoms with Gasteiger partial charge in [-0.25, -0.2) is 19.6 Å². The predicted molar refractivity (Wildman–Crippen MR) is 62.5 cm³/mol. The van der Waals surface area contributed by atoms with Gasteiger partial charge in [0.15, 0.2) is 23.3 Å². The van der Waals surface area contributed by atoms with Crippen molar-refractivity contribution in [2.24, 2.45) is 5.84 Å². The average molecular weight is 242 g/mol. The summed E-state index contributed by atoms with van der Waals surface area (Å²) in [5.74, 6) is 3.53. The molecule has 1 aliphatic rings. The van der Waals surface area contributed by atoms with Crippen LogP contribution in [0.5, 0.6) is 0 Å². The van der Waals surface area contributed by atoms with Crippen LogP contribution in [-0.2, 0) is 0 Å². The number of pyridine rings is 1. The van der Waals surface area contributed by atoms with Gasteiger partial charge >= 0.3 is 0 Å². The molecule has 1 saturated carbocycles. The molecule has 4 nitrogen and oxygen atoms in total. The van der Waals surface area contributed by atoms with Crippen LogP contribution in [0.2, 0.25) is 0 Å². The zero-order valence-electron chi connectivity index (χ0n) is 9.47. The molecule has 0 saturated heterocycles. The molecule has 0 atom stereocenters. The molecule has 17 heavy (non-hydrogen) atoms. The molecule has 1 aliphatic carbocycles. The number of halogens is 2. The number of hydrazine groups is 1. The van der Waals surface area contributed by atoms with Crippen molar-refractivity contribution < 1.29 is 8.78 Å². The summed E-state index contributed by atoms with van der Waals surface area (Å²) >= 11 is 0. The van der Waals surface area contributed by atoms with Gasteiger partial charge in [-0.3, -0.25) is 0 Å². The second kappa shape index (κ2) is 5.27. The number of rotatable bonds is 3. The molecule has 94 valence electrons. The van der Waals surface area contributed by atoms with E-state index in [-0.39, 0.29) is 17.7 Å². The quantitative estimate of drug-likeness (QED) is 0.562. The van der Waals surface area contributed by atoms with Crippen LogP contribution in [0.15, 0.2) is 6.07 Å². The maximum absolute atomic E-state index is 13.5. The van der Waals surface area contributed by atoms with Crippen molar-refractivity contribution in [2.45, 2.75) is 38.1 Å². The van der Waals surface area contributed by atoms with E-state index in [0.717, 1.165) is 31.7 Å². The van der Waals surface area contributed by atoms with Crippen LogP contribution in [0.3, 0.4) is 0 Å². The van der Waals surface area contributed by atoms with Gasteiger partial charge < -0.3 is 10.7 Å². The Morgan fingerprint density at radius 3 is 2.41 bits per heavy atom. The number of aromatic nitrogens is 1. The fraction of sp³-hybridized carbons (Fsp3) is 0.545. The Kier molecular flexibility index (Phi) is 3.73. The van der Waals surface area contributed by atoms with E-state index in [0.29, 0.717) is 0 Å². The lowest BCUT2D eigenvalue weighted by molar-refractivity contribution is 0.459. The van der Waals surface area contributed by atoms with Crippen LogP contribution < -0.4 is 16.6 Å². The fourth-order valence-electron chi connectivity index (χ4n) is 2.11. The lowest BCUT2D eigenvalue weighted by Crippen LogP contribution is -2.24. The molecule has 2 rings (SSSR count). The van der Waals surface area contributed by atoms with E-state index >= 15 is 0 Å². The van der Waals surface area contributed by atoms with Crippen LogP contribution in [0, 0.1) is 11.6 Å². The van der Waals surface area contributed by atoms with Crippen LogP contribution in [-0.4, -0.2) is 11.0 Å². The third-order valence-electron chi connectivity index (χ3n) is 3.01. The van der Waals surface area contributed by atoms with Gasteiger partial charge in [0.05, 0.1) is 0 Å². The Bertz CT molecular complexity index is 391. The normalized spacial score (nSPS) is 16.9. The van der Waals surface area contributed by atoms with E-state index in [9.17, 15) is 8.78 Å². The molecule has 4 N–H and O–H groups in total. The molecule has 6 heteroatoms. The van der Waals surface area contributed by atoms with Crippen molar-refractivity contribution in [3.05, 3.63) is 17.7 Å². The monoisotopic (exact) mass is 242 g/mol. The number of nitrogens with two attached hydrogens (primary N) is 1. The first-order valence-corrected chi connectivity index (χ1v) is 5.80. The Hall–Kier alpha value is -1.43. The smallest absolute Gasteiger partial charge is 0.178 e. The van der Waals surface area contributed by atoms with E-state index in [2.05, 4.69) is 15.7 Å². The molecule has 0 amide bonds. The van der Waals surface area contributed by atoms with Crippen LogP contribution >= 0.6 is 0 Å². The highest BCUT2D eigenvalue weighted by atomic mass is 19.1. The van der Waals surface area contributed by atoms with Crippen molar-refractivity contribution >= 4 is 11.6 Å². The summed E-state index contributed by atoms with van der Waals surface area (Å²) < 4.78 is 26.6. The average Bonchev–Trinajstić information content (AvgIpc) is 2.34. The zero-order chi connectivity index (χ0) is 12.3. The van der Waals surface area contributed by atoms with Gasteiger partial charge in [0, 0.05) is 12.1 Å². The maximum atomic E-state index is 13.5. The van der Waals surface area contributed by atoms with Gasteiger partial charge in [0.1, 0.15) is 0 Å². The number of nitrogens with one attached hydrogen (secondary N) is 2. The molecule has 0 unspecified atom stereocenters. The molecule has 0 aromatic carbocycles. The summed E-state index contributed by atoms with van der Waals surface area (Å²) in [6.45, 7) is 0. The second-order valence-electron chi connectivity index (χ2n) is 4.27. The Morgan fingerprint density at radius 1 is 1.12 bits per heavy atom. The van der Waals surface area contributed by atoms with E-state index in [1.54, 1.807) is 0 Å². The Morgan fingerprint density at radius 2 is 1.76 bits per heavy atom. The first kappa shape index (κ1) is 12.0. The summed E-state index contributed by atoms with van der Waals surface area (Å²) in [7, 11) is 0. The van der Waals surface area contributed by atoms with Crippen LogP contribution in [0.4, 0.5) is 20.4 Å². The topological polar surface area (TPSA) is 63.0 Å². The molecule has 0 spiro atoms. The highest BCUT2D eigenvalue weighted by Gasteiger charge is 2.17. The minimum atomic E-state index is -0.792. The predicted octanol–water partition coefficient (Wildman–Crippen LogP) is 2.39. The molecule has 1 fully saturated rings. The summed E-state index contributed by atoms with van der Waals surface area (Å²) in [5.41, 5.74) is 2.11. The molecular formula is C11H16F2N4. The Balaban J connectivity index is 2.13. The summed E-state index contributed by atoms with van der Waals surface area (Å²) in [5, 5.41) is 3.00. The first-order chi connectivity index (χ1) is 8.20. The van der Waals surface area contributed by atoms with Gasteiger partial charge in [-0.15, -0.1) is 0 Å². The fourth-order valence-corrected chi connectivity index (χ4v) is 2.11. The number of hydrogen-bond acceptors (Lipinski definition) is 4. The molecule has 0 aliphatic heterocycles. The number of hydrogen-bond donors (Lipinski definition) is 3. The maximum Gasteiger partial charge on any atom is 0.178 e. The zero-order valence-corrected chi connectivity index (χ0v) is 9.47. The molecule has 0 radical (unpaired) electrons. The summed E-state index contributed by atoms with van der Waals surface area (Å²) in [6, 6.07) is 0.995. The highest BCUT2D eigenvalue weighted by Crippen LogP contribution is 2.24. The van der Waals surface area contributed by atoms with Crippen LogP contribution in [0.25, 0.3) is 0 Å². The number of nitrogens with zero attached hydrogens (tertiary/aromatic N) is 1. The number of nitrogen functional groups attached to an aromatic ring is 1. The summed E-state index contributed by atoms with van der Waals surface area (Å²) in [6.07, 6.45) is 5.45. The first-order valence-electron chi connectivity index (χ1n) is 5.80. The Labute approximate surface area is 98.6 Å². The van der Waals surface area contributed by atoms with Gasteiger partial charge in [-0.2, -0.15) is 0 Å². The largest absolute Gasteiger partial charge is 0.365 e. The number of anilines is 2. The van der Waals surface area contributed by atoms with E-state index < -0.39 is 11.6 Å². The molecule has 1 heterocycles. The lowest BCUT2D eigenvalue weighted by Gasteiger charge is -2.23. The highest BCUT2D eigenvalue weighted by molar-refractivity contribution is 5.47. The standard InChI is InChI=1S/C11H16F2N4/c12-8-6-9(13)11(17-14)16-10(8)15-7-4-2-1-3-5-7/h6-7H,1-5,14H2,(H2,15,16,17). The van der Waals surface area contributed by atoms with Crippen molar-refractivity contribution in [2.75, 3.05) is 10.7 Å². The van der Waals surface area contributed by atoms with Crippen molar-refractivity contribution in [1.82, 2.24) is 4.98 Å². The third-order valence-corrected chi connectivity index (χ3v) is 3.01. The third kappa shape index (κ3) is 2.82. The van der Waals surface area contributed by atoms with Gasteiger partial charge in [0.25, 0.3) is 0 Å². The van der Waals surface area contributed by atoms with Gasteiger partial charge in [0.2, 0.25) is 0 Å². The van der Waals surface area contributed by atoms with Crippen molar-refractivity contribution in [1.29, 1.82) is 0 Å². The van der Waals surface area contributed by atoms with E-state index in [4.69, 9.17) is 5.84 Å². The van der Waals surface area contributed by atoms with Crippen molar-refractivity contribution in [3.8, 4) is 0 Å². The SMILES string of the molecule is NNc1nc(NC2CCCCC2)c(F)cc1F. The molecular weight excluding hydrogens is 226 g/mol. The minimum Gasteiger partial charge on any atom is -0.365 e. The summed E-state index contributed by atoms with van der Waals surface area (Å²) in [4.78, 5) is 3.79. The molecule has 1 aromatic rings. The van der Waals surface area contributed by atoms with Crippen LogP contribution in [0.1, 0.15) is 32.1 Å². The van der Waals surface area contributed by atoms with Gasteiger partial charge in [-0.1, -0.05) is 19.3 Å². The molecule has 0 bridgehead atoms. The van der Waals surface area contributed by atoms with E-state index in [1.807, 2.05) is 0 Å². The minimum absolute atomic E-state index is 0.0613. The van der Waals surface area contributed by atoms with Gasteiger partial charge in [-0.05, 0) is 12.8 Å². The molecule has 1 aromatic heterocycles. The van der Waals surface area contributed by atoms with Crippen molar-refractivity contribution in [3.63, 3.8) is 0 Å². The second-order valence-corrected chi connectivity index (χ2v) is 4.27.